The number of likely N-dealkylation sites (tertiary alicyclic amines) is 1. The van der Waals surface area contributed by atoms with E-state index in [0.29, 0.717) is 11.8 Å². The van der Waals surface area contributed by atoms with Crippen molar-refractivity contribution in [1.82, 2.24) is 4.90 Å². The Kier molecular flexibility index (Phi) is 5.71. The highest BCUT2D eigenvalue weighted by Crippen LogP contribution is 2.27. The Balaban J connectivity index is 1.66. The molecule has 4 heteroatoms. The summed E-state index contributed by atoms with van der Waals surface area (Å²) in [5.74, 6) is 0.181. The maximum Gasteiger partial charge on any atom is 0.255 e. The number of ether oxygens (including phenoxy) is 1. The molecule has 1 atom stereocenters. The highest BCUT2D eigenvalue weighted by Gasteiger charge is 2.17. The van der Waals surface area contributed by atoms with Gasteiger partial charge in [0.2, 0.25) is 0 Å². The Morgan fingerprint density at radius 3 is 2.12 bits per heavy atom. The van der Waals surface area contributed by atoms with Crippen LogP contribution in [0.25, 0.3) is 11.1 Å². The topological polar surface area (TPSA) is 55.6 Å². The predicted molar refractivity (Wildman–Crippen MR) is 100 cm³/mol. The van der Waals surface area contributed by atoms with E-state index >= 15 is 0 Å². The van der Waals surface area contributed by atoms with Crippen molar-refractivity contribution < 1.29 is 9.53 Å². The average molecular weight is 338 g/mol. The molecule has 25 heavy (non-hydrogen) atoms. The predicted octanol–water partition coefficient (Wildman–Crippen LogP) is 3.76. The Hall–Kier alpha value is -2.33. The van der Waals surface area contributed by atoms with Crippen LogP contribution in [0.5, 0.6) is 5.75 Å². The van der Waals surface area contributed by atoms with E-state index in [0.717, 1.165) is 5.56 Å². The fourth-order valence-electron chi connectivity index (χ4n) is 3.37. The Morgan fingerprint density at radius 2 is 1.56 bits per heavy atom. The van der Waals surface area contributed by atoms with Crippen molar-refractivity contribution in [3.8, 4) is 16.9 Å². The van der Waals surface area contributed by atoms with E-state index in [1.165, 1.54) is 43.5 Å². The van der Waals surface area contributed by atoms with Gasteiger partial charge in [0.25, 0.3) is 5.91 Å². The lowest BCUT2D eigenvalue weighted by Crippen LogP contribution is -2.32. The molecule has 4 nitrogen and oxygen atoms in total. The largest absolute Gasteiger partial charge is 0.484 e. The second-order valence-electron chi connectivity index (χ2n) is 6.67. The number of nitrogens with two attached hydrogens (primary N) is 1. The summed E-state index contributed by atoms with van der Waals surface area (Å²) >= 11 is 0. The minimum Gasteiger partial charge on any atom is -0.484 e. The third-order valence-corrected chi connectivity index (χ3v) is 4.90. The zero-order valence-corrected chi connectivity index (χ0v) is 14.8. The summed E-state index contributed by atoms with van der Waals surface area (Å²) in [7, 11) is 0. The van der Waals surface area contributed by atoms with E-state index in [2.05, 4.69) is 36.1 Å². The molecule has 2 aromatic rings. The van der Waals surface area contributed by atoms with Gasteiger partial charge in [-0.05, 0) is 61.7 Å². The molecule has 0 spiro atoms. The van der Waals surface area contributed by atoms with Crippen LogP contribution < -0.4 is 10.5 Å². The lowest BCUT2D eigenvalue weighted by molar-refractivity contribution is -0.119. The Labute approximate surface area is 149 Å². The number of amides is 1. The SMILES string of the molecule is C[C@H](c1ccc(-c2ccc(OCC(N)=O)cc2)cc1)N1CCCCC1. The van der Waals surface area contributed by atoms with Gasteiger partial charge in [0.05, 0.1) is 0 Å². The highest BCUT2D eigenvalue weighted by atomic mass is 16.5. The van der Waals surface area contributed by atoms with Gasteiger partial charge in [-0.15, -0.1) is 0 Å². The van der Waals surface area contributed by atoms with Crippen LogP contribution >= 0.6 is 0 Å². The fourth-order valence-corrected chi connectivity index (χ4v) is 3.37. The number of carbonyl (C=O) groups excluding carboxylic acids is 1. The molecule has 1 aliphatic rings. The van der Waals surface area contributed by atoms with Crippen molar-refractivity contribution >= 4 is 5.91 Å². The van der Waals surface area contributed by atoms with Gasteiger partial charge in [0.15, 0.2) is 6.61 Å². The van der Waals surface area contributed by atoms with Gasteiger partial charge in [-0.3, -0.25) is 9.69 Å². The van der Waals surface area contributed by atoms with E-state index in [4.69, 9.17) is 10.5 Å². The maximum absolute atomic E-state index is 10.8. The van der Waals surface area contributed by atoms with E-state index in [-0.39, 0.29) is 6.61 Å². The molecule has 0 aliphatic carbocycles. The molecule has 0 radical (unpaired) electrons. The van der Waals surface area contributed by atoms with Crippen molar-refractivity contribution in [1.29, 1.82) is 0 Å². The molecule has 2 N–H and O–H groups in total. The summed E-state index contributed by atoms with van der Waals surface area (Å²) in [6.45, 7) is 4.61. The van der Waals surface area contributed by atoms with E-state index in [9.17, 15) is 4.79 Å². The minimum atomic E-state index is -0.470. The summed E-state index contributed by atoms with van der Waals surface area (Å²) < 4.78 is 5.30. The summed E-state index contributed by atoms with van der Waals surface area (Å²) in [4.78, 5) is 13.3. The van der Waals surface area contributed by atoms with Gasteiger partial charge in [-0.1, -0.05) is 42.8 Å². The van der Waals surface area contributed by atoms with Crippen LogP contribution in [0.4, 0.5) is 0 Å². The van der Waals surface area contributed by atoms with Gasteiger partial charge in [-0.25, -0.2) is 0 Å². The van der Waals surface area contributed by atoms with Gasteiger partial charge < -0.3 is 10.5 Å². The molecular weight excluding hydrogens is 312 g/mol. The molecule has 0 unspecified atom stereocenters. The highest BCUT2D eigenvalue weighted by molar-refractivity contribution is 5.75. The van der Waals surface area contributed by atoms with Crippen LogP contribution in [0.1, 0.15) is 37.8 Å². The van der Waals surface area contributed by atoms with Crippen molar-refractivity contribution in [2.24, 2.45) is 5.73 Å². The number of hydrogen-bond donors (Lipinski definition) is 1. The molecule has 1 heterocycles. The first-order valence-corrected chi connectivity index (χ1v) is 8.99. The molecule has 3 rings (SSSR count). The second kappa shape index (κ2) is 8.17. The number of rotatable bonds is 6. The van der Waals surface area contributed by atoms with Gasteiger partial charge in [-0.2, -0.15) is 0 Å². The number of piperidine rings is 1. The second-order valence-corrected chi connectivity index (χ2v) is 6.67. The Bertz CT molecular complexity index is 689. The zero-order chi connectivity index (χ0) is 17.6. The normalized spacial score (nSPS) is 16.4. The van der Waals surface area contributed by atoms with Crippen molar-refractivity contribution in [2.45, 2.75) is 32.2 Å². The molecule has 1 amide bonds. The van der Waals surface area contributed by atoms with Crippen LogP contribution in [0.15, 0.2) is 48.5 Å². The van der Waals surface area contributed by atoms with Crippen LogP contribution in [0.3, 0.4) is 0 Å². The first kappa shape index (κ1) is 17.5. The number of benzene rings is 2. The van der Waals surface area contributed by atoms with Crippen LogP contribution in [-0.2, 0) is 4.79 Å². The number of carbonyl (C=O) groups is 1. The summed E-state index contributed by atoms with van der Waals surface area (Å²) in [6.07, 6.45) is 3.99. The minimum absolute atomic E-state index is 0.0948. The standard InChI is InChI=1S/C21H26N2O2/c1-16(23-13-3-2-4-14-23)17-5-7-18(8-6-17)19-9-11-20(12-10-19)25-15-21(22)24/h5-12,16H,2-4,13-15H2,1H3,(H2,22,24)/t16-/m1/s1. The van der Waals surface area contributed by atoms with Crippen LogP contribution in [0, 0.1) is 0 Å². The molecule has 0 bridgehead atoms. The number of primary amides is 1. The number of hydrogen-bond acceptors (Lipinski definition) is 3. The lowest BCUT2D eigenvalue weighted by Gasteiger charge is -2.32. The Morgan fingerprint density at radius 1 is 1.00 bits per heavy atom. The summed E-state index contributed by atoms with van der Waals surface area (Å²) in [6, 6.07) is 17.0. The first-order valence-electron chi connectivity index (χ1n) is 8.99. The van der Waals surface area contributed by atoms with Crippen LogP contribution in [0.2, 0.25) is 0 Å². The number of nitrogens with zero attached hydrogens (tertiary/aromatic N) is 1. The first-order chi connectivity index (χ1) is 12.1. The maximum atomic E-state index is 10.8. The van der Waals surface area contributed by atoms with E-state index in [1.807, 2.05) is 24.3 Å². The third kappa shape index (κ3) is 4.60. The molecule has 0 saturated carbocycles. The summed E-state index contributed by atoms with van der Waals surface area (Å²) in [5, 5.41) is 0. The van der Waals surface area contributed by atoms with E-state index < -0.39 is 5.91 Å². The van der Waals surface area contributed by atoms with Crippen LogP contribution in [-0.4, -0.2) is 30.5 Å². The third-order valence-electron chi connectivity index (χ3n) is 4.90. The molecule has 0 aromatic heterocycles. The molecule has 1 aliphatic heterocycles. The van der Waals surface area contributed by atoms with Gasteiger partial charge in [0, 0.05) is 6.04 Å². The fraction of sp³-hybridized carbons (Fsp3) is 0.381. The van der Waals surface area contributed by atoms with E-state index in [1.54, 1.807) is 0 Å². The lowest BCUT2D eigenvalue weighted by atomic mass is 9.99. The molecule has 2 aromatic carbocycles. The van der Waals surface area contributed by atoms with Crippen molar-refractivity contribution in [3.63, 3.8) is 0 Å². The molecule has 132 valence electrons. The molecular formula is C21H26N2O2. The monoisotopic (exact) mass is 338 g/mol. The zero-order valence-electron chi connectivity index (χ0n) is 14.8. The molecule has 1 saturated heterocycles. The van der Waals surface area contributed by atoms with Crippen molar-refractivity contribution in [3.05, 3.63) is 54.1 Å². The quantitative estimate of drug-likeness (QED) is 0.872. The summed E-state index contributed by atoms with van der Waals surface area (Å²) in [5.41, 5.74) is 8.76. The van der Waals surface area contributed by atoms with Crippen molar-refractivity contribution in [2.75, 3.05) is 19.7 Å². The van der Waals surface area contributed by atoms with Gasteiger partial charge in [0.1, 0.15) is 5.75 Å². The average Bonchev–Trinajstić information content (AvgIpc) is 2.67. The van der Waals surface area contributed by atoms with Gasteiger partial charge >= 0.3 is 0 Å². The molecule has 1 fully saturated rings. The smallest absolute Gasteiger partial charge is 0.255 e.